The van der Waals surface area contributed by atoms with E-state index in [9.17, 15) is 9.90 Å². The molecule has 0 saturated heterocycles. The normalized spacial score (nSPS) is 11.9. The maximum atomic E-state index is 12.1. The van der Waals surface area contributed by atoms with E-state index in [1.807, 2.05) is 18.5 Å². The molecule has 0 spiro atoms. The summed E-state index contributed by atoms with van der Waals surface area (Å²) < 4.78 is 15.1. The summed E-state index contributed by atoms with van der Waals surface area (Å²) in [6.07, 6.45) is 5.78. The van der Waals surface area contributed by atoms with Gasteiger partial charge in [0.1, 0.15) is 5.82 Å². The third kappa shape index (κ3) is 7.18. The molecular weight excluding hydrogens is 564 g/mol. The molecule has 5 rings (SSSR count). The molecule has 3 aromatic carbocycles. The van der Waals surface area contributed by atoms with Gasteiger partial charge in [-0.15, -0.1) is 0 Å². The molecule has 2 aromatic heterocycles. The summed E-state index contributed by atoms with van der Waals surface area (Å²) in [5, 5.41) is 9.90. The number of carboxylic acids is 1. The van der Waals surface area contributed by atoms with Crippen molar-refractivity contribution in [2.75, 3.05) is 26.9 Å². The van der Waals surface area contributed by atoms with Crippen LogP contribution in [-0.2, 0) is 34.4 Å². The minimum atomic E-state index is -0.921. The van der Waals surface area contributed by atoms with Crippen molar-refractivity contribution in [2.45, 2.75) is 66.0 Å². The number of aromatic nitrogens is 4. The molecule has 236 valence electrons. The molecule has 1 N–H and O–H groups in total. The van der Waals surface area contributed by atoms with E-state index in [4.69, 9.17) is 19.4 Å². The summed E-state index contributed by atoms with van der Waals surface area (Å²) in [5.74, 6) is 0.138. The van der Waals surface area contributed by atoms with Crippen molar-refractivity contribution in [2.24, 2.45) is 0 Å². The Morgan fingerprint density at radius 1 is 1.00 bits per heavy atom. The molecule has 0 atom stereocenters. The van der Waals surface area contributed by atoms with Gasteiger partial charge >= 0.3 is 5.97 Å². The summed E-state index contributed by atoms with van der Waals surface area (Å²) >= 11 is 0. The number of hydrogen-bond acceptors (Lipinski definition) is 5. The lowest BCUT2D eigenvalue weighted by Gasteiger charge is -2.25. The van der Waals surface area contributed by atoms with E-state index >= 15 is 0 Å². The first kappa shape index (κ1) is 32.1. The second-order valence-corrected chi connectivity index (χ2v) is 12.6. The highest BCUT2D eigenvalue weighted by Gasteiger charge is 2.23. The summed E-state index contributed by atoms with van der Waals surface area (Å²) in [6.45, 7) is 14.0. The summed E-state index contributed by atoms with van der Waals surface area (Å²) in [4.78, 5) is 21.9. The Kier molecular flexibility index (Phi) is 9.85. The number of benzene rings is 3. The average molecular weight is 609 g/mol. The zero-order chi connectivity index (χ0) is 32.1. The van der Waals surface area contributed by atoms with Crippen LogP contribution in [0.15, 0.2) is 67.1 Å². The lowest BCUT2D eigenvalue weighted by atomic mass is 9.80. The number of fused-ring (bicyclic) bond motifs is 1. The zero-order valence-corrected chi connectivity index (χ0v) is 27.3. The van der Waals surface area contributed by atoms with Gasteiger partial charge in [0.2, 0.25) is 0 Å². The highest BCUT2D eigenvalue weighted by Crippen LogP contribution is 2.36. The van der Waals surface area contributed by atoms with Crippen molar-refractivity contribution in [3.8, 4) is 22.4 Å². The summed E-state index contributed by atoms with van der Waals surface area (Å²) in [5.41, 5.74) is 9.25. The molecule has 45 heavy (non-hydrogen) atoms. The van der Waals surface area contributed by atoms with E-state index in [2.05, 4.69) is 80.3 Å². The largest absolute Gasteiger partial charge is 0.478 e. The van der Waals surface area contributed by atoms with E-state index in [0.717, 1.165) is 75.3 Å². The molecule has 5 aromatic rings. The van der Waals surface area contributed by atoms with Gasteiger partial charge in [-0.25, -0.2) is 14.8 Å². The van der Waals surface area contributed by atoms with Gasteiger partial charge in [0, 0.05) is 38.4 Å². The third-order valence-corrected chi connectivity index (χ3v) is 8.13. The first-order chi connectivity index (χ1) is 21.6. The molecule has 0 aliphatic rings. The van der Waals surface area contributed by atoms with Gasteiger partial charge in [-0.05, 0) is 64.8 Å². The van der Waals surface area contributed by atoms with Crippen molar-refractivity contribution in [3.63, 3.8) is 0 Å². The molecule has 8 heteroatoms. The second kappa shape index (κ2) is 13.8. The zero-order valence-electron chi connectivity index (χ0n) is 27.3. The number of carbonyl (C=O) groups is 1. The van der Waals surface area contributed by atoms with Gasteiger partial charge in [-0.2, -0.15) is 0 Å². The number of imidazole rings is 2. The Hall–Kier alpha value is -4.27. The van der Waals surface area contributed by atoms with Crippen molar-refractivity contribution in [1.29, 1.82) is 0 Å². The van der Waals surface area contributed by atoms with E-state index in [1.54, 1.807) is 19.2 Å². The number of ether oxygens (including phenoxy) is 2. The topological polar surface area (TPSA) is 91.4 Å². The monoisotopic (exact) mass is 608 g/mol. The van der Waals surface area contributed by atoms with E-state index in [1.165, 1.54) is 0 Å². The first-order valence-electron chi connectivity index (χ1n) is 15.7. The average Bonchev–Trinajstić information content (AvgIpc) is 3.62. The first-order valence-corrected chi connectivity index (χ1v) is 15.7. The minimum absolute atomic E-state index is 0.197. The third-order valence-electron chi connectivity index (χ3n) is 8.13. The van der Waals surface area contributed by atoms with Crippen molar-refractivity contribution >= 4 is 17.0 Å². The van der Waals surface area contributed by atoms with Crippen molar-refractivity contribution in [3.05, 3.63) is 95.2 Å². The summed E-state index contributed by atoms with van der Waals surface area (Å²) in [6, 6.07) is 18.1. The molecule has 0 unspecified atom stereocenters. The lowest BCUT2D eigenvalue weighted by molar-refractivity contribution is 0.0666. The molecule has 0 bridgehead atoms. The van der Waals surface area contributed by atoms with E-state index in [0.29, 0.717) is 31.9 Å². The molecular formula is C37H44N4O4. The Bertz CT molecular complexity index is 1790. The Morgan fingerprint density at radius 3 is 2.53 bits per heavy atom. The van der Waals surface area contributed by atoms with Crippen molar-refractivity contribution in [1.82, 2.24) is 19.1 Å². The molecule has 2 heterocycles. The summed E-state index contributed by atoms with van der Waals surface area (Å²) in [7, 11) is 1.67. The SMILES string of the molecule is CCCc1nc2c(C)cc(-c3cn(CCOCCOC)cn3)cc2n1Cc1ccc(-c2ccccc2C(=O)O)c(C(C)(C)C)c1. The number of methoxy groups -OCH3 is 1. The van der Waals surface area contributed by atoms with Crippen LogP contribution in [0.2, 0.25) is 0 Å². The number of hydrogen-bond donors (Lipinski definition) is 1. The van der Waals surface area contributed by atoms with Crippen LogP contribution < -0.4 is 0 Å². The van der Waals surface area contributed by atoms with Gasteiger partial charge in [-0.1, -0.05) is 64.1 Å². The quantitative estimate of drug-likeness (QED) is 0.139. The predicted molar refractivity (Wildman–Crippen MR) is 179 cm³/mol. The van der Waals surface area contributed by atoms with Crippen LogP contribution in [0, 0.1) is 6.92 Å². The molecule has 0 amide bonds. The molecule has 0 fully saturated rings. The van der Waals surface area contributed by atoms with Gasteiger partial charge in [0.25, 0.3) is 0 Å². The van der Waals surface area contributed by atoms with Gasteiger partial charge < -0.3 is 23.7 Å². The van der Waals surface area contributed by atoms with Crippen LogP contribution in [0.25, 0.3) is 33.4 Å². The number of nitrogens with zero attached hydrogens (tertiary/aromatic N) is 4. The minimum Gasteiger partial charge on any atom is -0.478 e. The number of aryl methyl sites for hydroxylation is 2. The highest BCUT2D eigenvalue weighted by atomic mass is 16.5. The van der Waals surface area contributed by atoms with Gasteiger partial charge in [-0.3, -0.25) is 0 Å². The standard InChI is InChI=1S/C37H44N4O4/c1-7-10-34-39-35-25(2)19-27(32-23-40(24-38-32)15-16-45-18-17-44-6)21-33(35)41(34)22-26-13-14-29(31(20-26)37(3,4)5)28-11-8-9-12-30(28)36(42)43/h8-9,11-14,19-21,23-24H,7,10,15-18,22H2,1-6H3,(H,42,43). The fourth-order valence-electron chi connectivity index (χ4n) is 5.86. The maximum Gasteiger partial charge on any atom is 0.336 e. The van der Waals surface area contributed by atoms with Crippen LogP contribution in [-0.4, -0.2) is 57.1 Å². The lowest BCUT2D eigenvalue weighted by Crippen LogP contribution is -2.15. The van der Waals surface area contributed by atoms with Crippen LogP contribution in [0.5, 0.6) is 0 Å². The van der Waals surface area contributed by atoms with E-state index < -0.39 is 5.97 Å². The predicted octanol–water partition coefficient (Wildman–Crippen LogP) is 7.53. The smallest absolute Gasteiger partial charge is 0.336 e. The van der Waals surface area contributed by atoms with Crippen molar-refractivity contribution < 1.29 is 19.4 Å². The number of carboxylic acid groups (broad SMARTS) is 1. The number of aromatic carboxylic acids is 1. The fourth-order valence-corrected chi connectivity index (χ4v) is 5.86. The van der Waals surface area contributed by atoms with Crippen LogP contribution in [0.1, 0.15) is 67.0 Å². The Balaban J connectivity index is 1.52. The molecule has 0 aliphatic heterocycles. The van der Waals surface area contributed by atoms with E-state index in [-0.39, 0.29) is 5.41 Å². The maximum absolute atomic E-state index is 12.1. The van der Waals surface area contributed by atoms with Crippen LogP contribution >= 0.6 is 0 Å². The molecule has 8 nitrogen and oxygen atoms in total. The molecule has 0 saturated carbocycles. The van der Waals surface area contributed by atoms with Gasteiger partial charge in [0.05, 0.1) is 48.4 Å². The molecule has 0 aliphatic carbocycles. The number of rotatable bonds is 13. The Morgan fingerprint density at radius 2 is 1.80 bits per heavy atom. The van der Waals surface area contributed by atoms with Crippen LogP contribution in [0.3, 0.4) is 0 Å². The Labute approximate surface area is 265 Å². The van der Waals surface area contributed by atoms with Crippen LogP contribution in [0.4, 0.5) is 0 Å². The van der Waals surface area contributed by atoms with Gasteiger partial charge in [0.15, 0.2) is 0 Å². The molecule has 0 radical (unpaired) electrons. The highest BCUT2D eigenvalue weighted by molar-refractivity contribution is 5.96. The second-order valence-electron chi connectivity index (χ2n) is 12.6. The fraction of sp³-hybridized carbons (Fsp3) is 0.378.